The topological polar surface area (TPSA) is 39.1 Å². The smallest absolute Gasteiger partial charge is 0.0966 e. The van der Waals surface area contributed by atoms with E-state index in [2.05, 4.69) is 34.2 Å². The Balaban J connectivity index is 2.11. The molecule has 1 fully saturated rings. The van der Waals surface area contributed by atoms with Gasteiger partial charge in [-0.25, -0.2) is 0 Å². The molecule has 0 atom stereocenters. The first kappa shape index (κ1) is 11.5. The lowest BCUT2D eigenvalue weighted by atomic mass is 10.1. The van der Waals surface area contributed by atoms with E-state index in [9.17, 15) is 0 Å². The van der Waals surface area contributed by atoms with E-state index in [-0.39, 0.29) is 6.42 Å². The SMILES string of the molecule is N#CCC#Cc1cccc(N2CCNCC2)c1. The van der Waals surface area contributed by atoms with Crippen molar-refractivity contribution in [3.8, 4) is 17.9 Å². The minimum absolute atomic E-state index is 0.290. The van der Waals surface area contributed by atoms with E-state index in [4.69, 9.17) is 5.26 Å². The molecule has 1 aromatic carbocycles. The zero-order valence-electron chi connectivity index (χ0n) is 9.74. The summed E-state index contributed by atoms with van der Waals surface area (Å²) in [6, 6.07) is 10.2. The number of anilines is 1. The number of nitrogens with one attached hydrogen (secondary N) is 1. The minimum atomic E-state index is 0.290. The van der Waals surface area contributed by atoms with E-state index in [0.29, 0.717) is 0 Å². The van der Waals surface area contributed by atoms with Crippen molar-refractivity contribution in [3.05, 3.63) is 29.8 Å². The lowest BCUT2D eigenvalue weighted by Gasteiger charge is -2.29. The lowest BCUT2D eigenvalue weighted by molar-refractivity contribution is 0.589. The van der Waals surface area contributed by atoms with Gasteiger partial charge in [-0.15, -0.1) is 0 Å². The largest absolute Gasteiger partial charge is 0.369 e. The van der Waals surface area contributed by atoms with E-state index in [1.54, 1.807) is 0 Å². The number of rotatable bonds is 1. The molecular formula is C14H15N3. The highest BCUT2D eigenvalue weighted by atomic mass is 15.2. The first-order valence-electron chi connectivity index (χ1n) is 5.82. The molecule has 1 saturated heterocycles. The Morgan fingerprint density at radius 2 is 2.12 bits per heavy atom. The van der Waals surface area contributed by atoms with Crippen LogP contribution in [-0.4, -0.2) is 26.2 Å². The fraction of sp³-hybridized carbons (Fsp3) is 0.357. The molecule has 0 bridgehead atoms. The molecule has 1 heterocycles. The van der Waals surface area contributed by atoms with Gasteiger partial charge in [0.05, 0.1) is 12.5 Å². The monoisotopic (exact) mass is 225 g/mol. The normalized spacial score (nSPS) is 14.6. The standard InChI is InChI=1S/C14H15N3/c15-7-2-1-4-13-5-3-6-14(12-13)17-10-8-16-9-11-17/h3,5-6,12,16H,2,8-11H2. The molecule has 0 spiro atoms. The third kappa shape index (κ3) is 3.24. The van der Waals surface area contributed by atoms with Gasteiger partial charge in [-0.2, -0.15) is 5.26 Å². The number of nitriles is 1. The van der Waals surface area contributed by atoms with Gasteiger partial charge >= 0.3 is 0 Å². The van der Waals surface area contributed by atoms with E-state index in [1.807, 2.05) is 18.2 Å². The molecule has 1 aliphatic rings. The Bertz CT molecular complexity index is 470. The van der Waals surface area contributed by atoms with Gasteiger partial charge < -0.3 is 10.2 Å². The molecule has 86 valence electrons. The van der Waals surface area contributed by atoms with Crippen molar-refractivity contribution in [1.82, 2.24) is 5.32 Å². The van der Waals surface area contributed by atoms with Crippen LogP contribution in [0, 0.1) is 23.2 Å². The van der Waals surface area contributed by atoms with Crippen molar-refractivity contribution in [3.63, 3.8) is 0 Å². The van der Waals surface area contributed by atoms with Crippen LogP contribution in [0.2, 0.25) is 0 Å². The number of hydrogen-bond donors (Lipinski definition) is 1. The van der Waals surface area contributed by atoms with Crippen molar-refractivity contribution < 1.29 is 0 Å². The minimum Gasteiger partial charge on any atom is -0.369 e. The van der Waals surface area contributed by atoms with E-state index < -0.39 is 0 Å². The van der Waals surface area contributed by atoms with E-state index in [0.717, 1.165) is 31.7 Å². The summed E-state index contributed by atoms with van der Waals surface area (Å²) in [5.74, 6) is 5.85. The lowest BCUT2D eigenvalue weighted by Crippen LogP contribution is -2.43. The predicted molar refractivity (Wildman–Crippen MR) is 68.6 cm³/mol. The van der Waals surface area contributed by atoms with Gasteiger partial charge in [-0.3, -0.25) is 0 Å². The van der Waals surface area contributed by atoms with Gasteiger partial charge in [0.1, 0.15) is 0 Å². The maximum atomic E-state index is 8.44. The Morgan fingerprint density at radius 3 is 2.88 bits per heavy atom. The molecule has 17 heavy (non-hydrogen) atoms. The second-order valence-electron chi connectivity index (χ2n) is 3.92. The first-order chi connectivity index (χ1) is 8.40. The summed E-state index contributed by atoms with van der Waals surface area (Å²) in [6.45, 7) is 4.14. The van der Waals surface area contributed by atoms with Crippen LogP contribution in [0.15, 0.2) is 24.3 Å². The Morgan fingerprint density at radius 1 is 1.29 bits per heavy atom. The van der Waals surface area contributed by atoms with Crippen molar-refractivity contribution in [1.29, 1.82) is 5.26 Å². The zero-order valence-corrected chi connectivity index (χ0v) is 9.74. The molecule has 0 saturated carbocycles. The molecule has 3 nitrogen and oxygen atoms in total. The van der Waals surface area contributed by atoms with Gasteiger partial charge in [0.25, 0.3) is 0 Å². The van der Waals surface area contributed by atoms with Gasteiger partial charge in [0, 0.05) is 37.4 Å². The summed E-state index contributed by atoms with van der Waals surface area (Å²) in [5, 5.41) is 11.8. The molecule has 0 aliphatic carbocycles. The predicted octanol–water partition coefficient (Wildman–Crippen LogP) is 1.36. The first-order valence-corrected chi connectivity index (χ1v) is 5.82. The molecule has 0 radical (unpaired) electrons. The summed E-state index contributed by atoms with van der Waals surface area (Å²) < 4.78 is 0. The Labute approximate surface area is 102 Å². The molecule has 2 rings (SSSR count). The summed E-state index contributed by atoms with van der Waals surface area (Å²) >= 11 is 0. The molecule has 0 aromatic heterocycles. The molecule has 1 aliphatic heterocycles. The maximum Gasteiger partial charge on any atom is 0.0966 e. The number of hydrogen-bond acceptors (Lipinski definition) is 3. The highest BCUT2D eigenvalue weighted by Gasteiger charge is 2.09. The summed E-state index contributed by atoms with van der Waals surface area (Å²) in [6.07, 6.45) is 0.290. The summed E-state index contributed by atoms with van der Waals surface area (Å²) in [7, 11) is 0. The van der Waals surface area contributed by atoms with Crippen LogP contribution < -0.4 is 10.2 Å². The summed E-state index contributed by atoms with van der Waals surface area (Å²) in [5.41, 5.74) is 2.20. The molecule has 1 N–H and O–H groups in total. The van der Waals surface area contributed by atoms with Crippen LogP contribution in [0.5, 0.6) is 0 Å². The molecule has 1 aromatic rings. The Kier molecular flexibility index (Phi) is 4.02. The van der Waals surface area contributed by atoms with Crippen LogP contribution in [0.3, 0.4) is 0 Å². The van der Waals surface area contributed by atoms with E-state index in [1.165, 1.54) is 5.69 Å². The zero-order chi connectivity index (χ0) is 11.9. The number of benzene rings is 1. The number of piperazine rings is 1. The highest BCUT2D eigenvalue weighted by molar-refractivity contribution is 5.53. The van der Waals surface area contributed by atoms with Crippen LogP contribution >= 0.6 is 0 Å². The molecule has 3 heteroatoms. The molecule has 0 amide bonds. The van der Waals surface area contributed by atoms with Crippen molar-refractivity contribution in [2.24, 2.45) is 0 Å². The van der Waals surface area contributed by atoms with Gasteiger partial charge in [0.15, 0.2) is 0 Å². The molecular weight excluding hydrogens is 210 g/mol. The quantitative estimate of drug-likeness (QED) is 0.733. The van der Waals surface area contributed by atoms with Gasteiger partial charge in [-0.05, 0) is 18.2 Å². The second kappa shape index (κ2) is 5.94. The van der Waals surface area contributed by atoms with E-state index >= 15 is 0 Å². The highest BCUT2D eigenvalue weighted by Crippen LogP contribution is 2.16. The van der Waals surface area contributed by atoms with Gasteiger partial charge in [0.2, 0.25) is 0 Å². The fourth-order valence-electron chi connectivity index (χ4n) is 1.89. The fourth-order valence-corrected chi connectivity index (χ4v) is 1.89. The van der Waals surface area contributed by atoms with Crippen molar-refractivity contribution >= 4 is 5.69 Å². The second-order valence-corrected chi connectivity index (χ2v) is 3.92. The van der Waals surface area contributed by atoms with Crippen LogP contribution in [0.25, 0.3) is 0 Å². The van der Waals surface area contributed by atoms with Crippen LogP contribution in [-0.2, 0) is 0 Å². The summed E-state index contributed by atoms with van der Waals surface area (Å²) in [4.78, 5) is 2.35. The average Bonchev–Trinajstić information content (AvgIpc) is 2.41. The van der Waals surface area contributed by atoms with Crippen molar-refractivity contribution in [2.45, 2.75) is 6.42 Å². The third-order valence-corrected chi connectivity index (χ3v) is 2.73. The van der Waals surface area contributed by atoms with Crippen LogP contribution in [0.4, 0.5) is 5.69 Å². The number of nitrogens with zero attached hydrogens (tertiary/aromatic N) is 2. The third-order valence-electron chi connectivity index (χ3n) is 2.73. The maximum absolute atomic E-state index is 8.44. The average molecular weight is 225 g/mol. The van der Waals surface area contributed by atoms with Crippen LogP contribution in [0.1, 0.15) is 12.0 Å². The molecule has 0 unspecified atom stereocenters. The van der Waals surface area contributed by atoms with Crippen molar-refractivity contribution in [2.75, 3.05) is 31.1 Å². The van der Waals surface area contributed by atoms with Gasteiger partial charge in [-0.1, -0.05) is 17.9 Å². The Hall–Kier alpha value is -1.97.